The van der Waals surface area contributed by atoms with E-state index in [4.69, 9.17) is 5.11 Å². The molecule has 1 aromatic rings. The summed E-state index contributed by atoms with van der Waals surface area (Å²) in [4.78, 5) is 13.8. The van der Waals surface area contributed by atoms with Gasteiger partial charge >= 0.3 is 0 Å². The fraction of sp³-hybridized carbons (Fsp3) is 0.462. The number of nitrogens with zero attached hydrogens (tertiary/aromatic N) is 1. The van der Waals surface area contributed by atoms with Crippen molar-refractivity contribution in [2.75, 3.05) is 18.1 Å². The summed E-state index contributed by atoms with van der Waals surface area (Å²) in [7, 11) is 0. The first-order valence-corrected chi connectivity index (χ1v) is 6.79. The molecule has 1 unspecified atom stereocenters. The van der Waals surface area contributed by atoms with Gasteiger partial charge in [-0.3, -0.25) is 4.79 Å². The number of alkyl halides is 1. The van der Waals surface area contributed by atoms with Gasteiger partial charge in [-0.1, -0.05) is 28.1 Å². The van der Waals surface area contributed by atoms with Crippen LogP contribution in [0.15, 0.2) is 24.3 Å². The molecule has 92 valence electrons. The number of piperidine rings is 1. The molecule has 0 saturated carbocycles. The molecule has 1 heterocycles. The minimum Gasteiger partial charge on any atom is -0.396 e. The lowest BCUT2D eigenvalue weighted by molar-refractivity contribution is -0.118. The number of anilines is 1. The summed E-state index contributed by atoms with van der Waals surface area (Å²) in [5.74, 6) is 0.145. The van der Waals surface area contributed by atoms with E-state index in [1.165, 1.54) is 0 Å². The van der Waals surface area contributed by atoms with E-state index in [9.17, 15) is 4.79 Å². The zero-order chi connectivity index (χ0) is 12.3. The van der Waals surface area contributed by atoms with Gasteiger partial charge in [0.15, 0.2) is 0 Å². The van der Waals surface area contributed by atoms with Gasteiger partial charge in [-0.25, -0.2) is 0 Å². The van der Waals surface area contributed by atoms with Crippen molar-refractivity contribution in [2.24, 2.45) is 0 Å². The molecule has 1 atom stereocenters. The minimum atomic E-state index is -0.0478. The van der Waals surface area contributed by atoms with Crippen molar-refractivity contribution in [1.82, 2.24) is 0 Å². The fourth-order valence-corrected chi connectivity index (χ4v) is 2.63. The van der Waals surface area contributed by atoms with E-state index in [0.717, 1.165) is 30.6 Å². The van der Waals surface area contributed by atoms with Crippen LogP contribution in [0.3, 0.4) is 0 Å². The van der Waals surface area contributed by atoms with E-state index in [2.05, 4.69) is 15.9 Å². The van der Waals surface area contributed by atoms with Crippen LogP contribution in [-0.2, 0) is 11.2 Å². The third-order valence-corrected chi connectivity index (χ3v) is 3.87. The third kappa shape index (κ3) is 2.87. The number of hydrogen-bond acceptors (Lipinski definition) is 2. The molecular weight excluding hydrogens is 282 g/mol. The van der Waals surface area contributed by atoms with E-state index >= 15 is 0 Å². The van der Waals surface area contributed by atoms with Crippen molar-refractivity contribution in [3.8, 4) is 0 Å². The Hall–Kier alpha value is -0.870. The maximum absolute atomic E-state index is 12.0. The summed E-state index contributed by atoms with van der Waals surface area (Å²) < 4.78 is 0. The number of amides is 1. The average molecular weight is 298 g/mol. The first-order valence-electron chi connectivity index (χ1n) is 5.87. The molecule has 1 aromatic carbocycles. The Labute approximate surface area is 110 Å². The van der Waals surface area contributed by atoms with Crippen LogP contribution in [0.4, 0.5) is 5.69 Å². The predicted molar refractivity (Wildman–Crippen MR) is 71.5 cm³/mol. The summed E-state index contributed by atoms with van der Waals surface area (Å²) >= 11 is 3.41. The van der Waals surface area contributed by atoms with E-state index in [0.29, 0.717) is 6.42 Å². The highest BCUT2D eigenvalue weighted by molar-refractivity contribution is 9.10. The molecular formula is C13H16BrNO2. The number of benzene rings is 1. The van der Waals surface area contributed by atoms with Crippen molar-refractivity contribution < 1.29 is 9.90 Å². The molecule has 1 aliphatic rings. The average Bonchev–Trinajstić information content (AvgIpc) is 2.34. The Morgan fingerprint density at radius 3 is 2.71 bits per heavy atom. The molecule has 17 heavy (non-hydrogen) atoms. The second-order valence-corrected chi connectivity index (χ2v) is 5.35. The zero-order valence-corrected chi connectivity index (χ0v) is 11.2. The minimum absolute atomic E-state index is 0.0478. The quantitative estimate of drug-likeness (QED) is 0.868. The van der Waals surface area contributed by atoms with Crippen LogP contribution in [0.1, 0.15) is 18.4 Å². The highest BCUT2D eigenvalue weighted by atomic mass is 79.9. The van der Waals surface area contributed by atoms with Gasteiger partial charge in [-0.2, -0.15) is 0 Å². The highest BCUT2D eigenvalue weighted by Crippen LogP contribution is 2.24. The largest absolute Gasteiger partial charge is 0.396 e. The van der Waals surface area contributed by atoms with Crippen LogP contribution in [0.2, 0.25) is 0 Å². The Balaban J connectivity index is 2.13. The van der Waals surface area contributed by atoms with Gasteiger partial charge in [0.2, 0.25) is 5.91 Å². The zero-order valence-electron chi connectivity index (χ0n) is 9.60. The lowest BCUT2D eigenvalue weighted by Gasteiger charge is -2.29. The molecule has 1 saturated heterocycles. The third-order valence-electron chi connectivity index (χ3n) is 3.02. The van der Waals surface area contributed by atoms with Crippen molar-refractivity contribution in [1.29, 1.82) is 0 Å². The van der Waals surface area contributed by atoms with Crippen molar-refractivity contribution >= 4 is 27.5 Å². The highest BCUT2D eigenvalue weighted by Gasteiger charge is 2.27. The lowest BCUT2D eigenvalue weighted by atomic mass is 10.1. The normalized spacial score (nSPS) is 20.7. The van der Waals surface area contributed by atoms with Crippen LogP contribution >= 0.6 is 15.9 Å². The molecule has 2 rings (SSSR count). The summed E-state index contributed by atoms with van der Waals surface area (Å²) in [6, 6.07) is 7.84. The first kappa shape index (κ1) is 12.6. The van der Waals surface area contributed by atoms with Crippen LogP contribution in [-0.4, -0.2) is 29.0 Å². The summed E-state index contributed by atoms with van der Waals surface area (Å²) in [6.45, 7) is 0.950. The Bertz CT molecular complexity index is 391. The van der Waals surface area contributed by atoms with Gasteiger partial charge in [0.1, 0.15) is 0 Å². The summed E-state index contributed by atoms with van der Waals surface area (Å²) in [5, 5.41) is 8.84. The molecule has 1 aliphatic heterocycles. The number of aliphatic hydroxyl groups is 1. The molecule has 1 amide bonds. The number of hydrogen-bond donors (Lipinski definition) is 1. The van der Waals surface area contributed by atoms with Gasteiger partial charge in [0.25, 0.3) is 0 Å². The van der Waals surface area contributed by atoms with Crippen molar-refractivity contribution in [3.05, 3.63) is 29.8 Å². The van der Waals surface area contributed by atoms with E-state index in [1.54, 1.807) is 0 Å². The summed E-state index contributed by atoms with van der Waals surface area (Å²) in [5.41, 5.74) is 2.04. The van der Waals surface area contributed by atoms with Crippen LogP contribution in [0, 0.1) is 0 Å². The number of halogens is 1. The SMILES string of the molecule is O=C1C(Br)CCCN1c1ccc(CCO)cc1. The molecule has 0 aromatic heterocycles. The number of carbonyl (C=O) groups excluding carboxylic acids is 1. The van der Waals surface area contributed by atoms with Crippen LogP contribution in [0.25, 0.3) is 0 Å². The maximum atomic E-state index is 12.0. The predicted octanol–water partition coefficient (Wildman–Crippen LogP) is 2.11. The van der Waals surface area contributed by atoms with Crippen LogP contribution < -0.4 is 4.90 Å². The topological polar surface area (TPSA) is 40.5 Å². The smallest absolute Gasteiger partial charge is 0.240 e. The molecule has 1 fully saturated rings. The molecule has 0 aliphatic carbocycles. The first-order chi connectivity index (χ1) is 8.22. The molecule has 0 bridgehead atoms. The van der Waals surface area contributed by atoms with Crippen molar-refractivity contribution in [3.63, 3.8) is 0 Å². The molecule has 4 heteroatoms. The molecule has 3 nitrogen and oxygen atoms in total. The monoisotopic (exact) mass is 297 g/mol. The van der Waals surface area contributed by atoms with Gasteiger partial charge in [-0.15, -0.1) is 0 Å². The van der Waals surface area contributed by atoms with E-state index in [1.807, 2.05) is 29.2 Å². The number of carbonyl (C=O) groups is 1. The van der Waals surface area contributed by atoms with E-state index < -0.39 is 0 Å². The van der Waals surface area contributed by atoms with Gasteiger partial charge < -0.3 is 10.0 Å². The maximum Gasteiger partial charge on any atom is 0.240 e. The van der Waals surface area contributed by atoms with Gasteiger partial charge in [0, 0.05) is 18.8 Å². The number of aliphatic hydroxyl groups excluding tert-OH is 1. The fourth-order valence-electron chi connectivity index (χ4n) is 2.06. The van der Waals surface area contributed by atoms with Gasteiger partial charge in [-0.05, 0) is 37.0 Å². The van der Waals surface area contributed by atoms with Gasteiger partial charge in [0.05, 0.1) is 4.83 Å². The Morgan fingerprint density at radius 1 is 1.35 bits per heavy atom. The standard InChI is InChI=1S/C13H16BrNO2/c14-12-2-1-8-15(13(12)17)11-5-3-10(4-6-11)7-9-16/h3-6,12,16H,1-2,7-9H2. The molecule has 0 spiro atoms. The molecule has 0 radical (unpaired) electrons. The van der Waals surface area contributed by atoms with E-state index in [-0.39, 0.29) is 17.3 Å². The summed E-state index contributed by atoms with van der Waals surface area (Å²) in [6.07, 6.45) is 2.60. The Morgan fingerprint density at radius 2 is 2.06 bits per heavy atom. The molecule has 1 N–H and O–H groups in total. The Kier molecular flexibility index (Phi) is 4.18. The second kappa shape index (κ2) is 5.65. The van der Waals surface area contributed by atoms with Crippen molar-refractivity contribution in [2.45, 2.75) is 24.1 Å². The van der Waals surface area contributed by atoms with Crippen LogP contribution in [0.5, 0.6) is 0 Å². The second-order valence-electron chi connectivity index (χ2n) is 4.24. The number of rotatable bonds is 3. The lowest BCUT2D eigenvalue weighted by Crippen LogP contribution is -2.41.